The van der Waals surface area contributed by atoms with Crippen molar-refractivity contribution in [3.63, 3.8) is 0 Å². The number of para-hydroxylation sites is 2. The van der Waals surface area contributed by atoms with Crippen LogP contribution in [0.1, 0.15) is 52.7 Å². The Morgan fingerprint density at radius 2 is 1.00 bits per heavy atom. The molecule has 0 N–H and O–H groups in total. The molecule has 0 saturated carbocycles. The fraction of sp³-hybridized carbons (Fsp3) is 0.133. The summed E-state index contributed by atoms with van der Waals surface area (Å²) < 4.78 is 9.73. The average molecular weight is 815 g/mol. The lowest BCUT2D eigenvalue weighted by atomic mass is 9.80. The maximum Gasteiger partial charge on any atom is 0.159 e. The van der Waals surface area contributed by atoms with Gasteiger partial charge in [0.25, 0.3) is 0 Å². The molecule has 0 aliphatic heterocycles. The van der Waals surface area contributed by atoms with E-state index in [0.29, 0.717) is 0 Å². The van der Waals surface area contributed by atoms with Crippen LogP contribution in [0.15, 0.2) is 199 Å². The van der Waals surface area contributed by atoms with E-state index in [4.69, 9.17) is 4.42 Å². The molecule has 0 unspecified atom stereocenters. The van der Waals surface area contributed by atoms with Crippen molar-refractivity contribution < 1.29 is 4.42 Å². The van der Waals surface area contributed by atoms with Crippen molar-refractivity contribution in [3.8, 4) is 27.9 Å². The third-order valence-electron chi connectivity index (χ3n) is 12.8. The van der Waals surface area contributed by atoms with Gasteiger partial charge in [-0.3, -0.25) is 0 Å². The lowest BCUT2D eigenvalue weighted by molar-refractivity contribution is 0.568. The SMILES string of the molecule is CC(C)(C)c1cc(-n2c3ccccc3c3cc(N(c4cccc(-c5ccccc5)c4)c4cccc5c4oc4c(-c6ccccc6)cc6ccccc6c45)ccc32)cc(C(C)(C)C)c1. The highest BCUT2D eigenvalue weighted by atomic mass is 16.3. The van der Waals surface area contributed by atoms with Gasteiger partial charge in [-0.1, -0.05) is 175 Å². The molecule has 3 heteroatoms. The van der Waals surface area contributed by atoms with Crippen LogP contribution in [0, 0.1) is 0 Å². The molecule has 2 heterocycles. The Kier molecular flexibility index (Phi) is 8.96. The highest BCUT2D eigenvalue weighted by Gasteiger charge is 2.26. The summed E-state index contributed by atoms with van der Waals surface area (Å²) in [4.78, 5) is 2.39. The Balaban J connectivity index is 1.19. The van der Waals surface area contributed by atoms with E-state index in [1.807, 2.05) is 0 Å². The van der Waals surface area contributed by atoms with Crippen molar-refractivity contribution in [1.82, 2.24) is 4.57 Å². The first-order chi connectivity index (χ1) is 30.5. The lowest BCUT2D eigenvalue weighted by Crippen LogP contribution is -2.17. The van der Waals surface area contributed by atoms with Crippen molar-refractivity contribution in [2.24, 2.45) is 0 Å². The van der Waals surface area contributed by atoms with Gasteiger partial charge in [-0.05, 0) is 110 Å². The molecule has 0 amide bonds. The van der Waals surface area contributed by atoms with Gasteiger partial charge in [-0.25, -0.2) is 0 Å². The number of rotatable bonds is 6. The summed E-state index contributed by atoms with van der Waals surface area (Å²) in [5.74, 6) is 0. The predicted octanol–water partition coefficient (Wildman–Crippen LogP) is 17.2. The Bertz CT molecular complexity index is 3490. The zero-order valence-corrected chi connectivity index (χ0v) is 36.8. The molecule has 0 aliphatic rings. The minimum absolute atomic E-state index is 0.0114. The summed E-state index contributed by atoms with van der Waals surface area (Å²) >= 11 is 0. The summed E-state index contributed by atoms with van der Waals surface area (Å²) in [6.45, 7) is 13.9. The number of aromatic nitrogens is 1. The number of fused-ring (bicyclic) bond motifs is 8. The van der Waals surface area contributed by atoms with Crippen LogP contribution in [0.25, 0.3) is 82.5 Å². The summed E-state index contributed by atoms with van der Waals surface area (Å²) in [6.07, 6.45) is 0. The van der Waals surface area contributed by atoms with Crippen molar-refractivity contribution in [1.29, 1.82) is 0 Å². The van der Waals surface area contributed by atoms with Gasteiger partial charge in [-0.15, -0.1) is 0 Å². The van der Waals surface area contributed by atoms with Gasteiger partial charge in [0.05, 0.1) is 16.7 Å². The highest BCUT2D eigenvalue weighted by molar-refractivity contribution is 6.24. The van der Waals surface area contributed by atoms with Crippen LogP contribution < -0.4 is 4.90 Å². The molecule has 306 valence electrons. The van der Waals surface area contributed by atoms with Gasteiger partial charge in [-0.2, -0.15) is 0 Å². The van der Waals surface area contributed by atoms with Crippen LogP contribution in [0.2, 0.25) is 0 Å². The zero-order chi connectivity index (χ0) is 43.0. The van der Waals surface area contributed by atoms with Gasteiger partial charge >= 0.3 is 0 Å². The summed E-state index contributed by atoms with van der Waals surface area (Å²) in [6, 6.07) is 70.8. The van der Waals surface area contributed by atoms with Gasteiger partial charge < -0.3 is 13.9 Å². The Morgan fingerprint density at radius 1 is 0.413 bits per heavy atom. The van der Waals surface area contributed by atoms with E-state index >= 15 is 0 Å². The molecular formula is C60H50N2O. The Labute approximate surface area is 369 Å². The molecule has 63 heavy (non-hydrogen) atoms. The number of hydrogen-bond acceptors (Lipinski definition) is 2. The summed E-state index contributed by atoms with van der Waals surface area (Å²) in [7, 11) is 0. The fourth-order valence-electron chi connectivity index (χ4n) is 9.51. The van der Waals surface area contributed by atoms with Crippen molar-refractivity contribution in [3.05, 3.63) is 205 Å². The molecule has 3 nitrogen and oxygen atoms in total. The molecular weight excluding hydrogens is 765 g/mol. The normalized spacial score (nSPS) is 12.3. The maximum absolute atomic E-state index is 7.27. The number of anilines is 3. The smallest absolute Gasteiger partial charge is 0.159 e. The zero-order valence-electron chi connectivity index (χ0n) is 36.8. The molecule has 11 aromatic rings. The second kappa shape index (κ2) is 14.6. The fourth-order valence-corrected chi connectivity index (χ4v) is 9.51. The molecule has 0 atom stereocenters. The van der Waals surface area contributed by atoms with Crippen LogP contribution in [-0.2, 0) is 10.8 Å². The lowest BCUT2D eigenvalue weighted by Gasteiger charge is -2.27. The molecule has 9 aromatic carbocycles. The number of benzene rings is 9. The molecule has 2 aromatic heterocycles. The first kappa shape index (κ1) is 38.6. The molecule has 0 aliphatic carbocycles. The van der Waals surface area contributed by atoms with Gasteiger partial charge in [0.2, 0.25) is 0 Å². The van der Waals surface area contributed by atoms with E-state index in [0.717, 1.165) is 55.7 Å². The van der Waals surface area contributed by atoms with Crippen LogP contribution in [0.3, 0.4) is 0 Å². The van der Waals surface area contributed by atoms with Crippen LogP contribution in [-0.4, -0.2) is 4.57 Å². The first-order valence-corrected chi connectivity index (χ1v) is 22.1. The quantitative estimate of drug-likeness (QED) is 0.167. The first-order valence-electron chi connectivity index (χ1n) is 22.1. The third-order valence-corrected chi connectivity index (χ3v) is 12.8. The summed E-state index contributed by atoms with van der Waals surface area (Å²) in [5.41, 5.74) is 15.6. The molecule has 11 rings (SSSR count). The Hall–Kier alpha value is -7.36. The highest BCUT2D eigenvalue weighted by Crippen LogP contribution is 2.48. The predicted molar refractivity (Wildman–Crippen MR) is 269 cm³/mol. The second-order valence-corrected chi connectivity index (χ2v) is 19.0. The monoisotopic (exact) mass is 814 g/mol. The standard InChI is InChI=1S/C60H50N2O/c1-59(2,3)43-35-44(60(4,5)6)37-47(36-43)62-53-29-16-15-27-49(53)52-38-46(31-32-54(52)62)61(45-25-17-24-41(33-45)39-19-9-7-10-20-39)55-30-18-28-50-56-48-26-14-13-23-42(48)34-51(58(56)63-57(50)55)40-21-11-8-12-22-40/h7-38H,1-6H3. The van der Waals surface area contributed by atoms with Gasteiger partial charge in [0, 0.05) is 44.2 Å². The van der Waals surface area contributed by atoms with Crippen LogP contribution in [0.5, 0.6) is 0 Å². The minimum Gasteiger partial charge on any atom is -0.453 e. The van der Waals surface area contributed by atoms with Crippen molar-refractivity contribution in [2.75, 3.05) is 4.90 Å². The van der Waals surface area contributed by atoms with Crippen molar-refractivity contribution >= 4 is 71.6 Å². The largest absolute Gasteiger partial charge is 0.453 e. The third kappa shape index (κ3) is 6.58. The number of furan rings is 1. The van der Waals surface area contributed by atoms with Crippen LogP contribution >= 0.6 is 0 Å². The van der Waals surface area contributed by atoms with E-state index < -0.39 is 0 Å². The number of nitrogens with zero attached hydrogens (tertiary/aromatic N) is 2. The summed E-state index contributed by atoms with van der Waals surface area (Å²) in [5, 5.41) is 7.00. The molecule has 0 bridgehead atoms. The number of hydrogen-bond donors (Lipinski definition) is 0. The molecule has 0 saturated heterocycles. The minimum atomic E-state index is -0.0114. The van der Waals surface area contributed by atoms with Gasteiger partial charge in [0.1, 0.15) is 5.58 Å². The molecule has 0 fully saturated rings. The maximum atomic E-state index is 7.27. The second-order valence-electron chi connectivity index (χ2n) is 19.0. The molecule has 0 spiro atoms. The van der Waals surface area contributed by atoms with Crippen molar-refractivity contribution in [2.45, 2.75) is 52.4 Å². The Morgan fingerprint density at radius 3 is 1.73 bits per heavy atom. The molecule has 0 radical (unpaired) electrons. The van der Waals surface area contributed by atoms with E-state index in [9.17, 15) is 0 Å². The topological polar surface area (TPSA) is 21.3 Å². The van der Waals surface area contributed by atoms with E-state index in [1.54, 1.807) is 0 Å². The average Bonchev–Trinajstić information content (AvgIpc) is 3.86. The van der Waals surface area contributed by atoms with E-state index in [1.165, 1.54) is 55.0 Å². The van der Waals surface area contributed by atoms with E-state index in [-0.39, 0.29) is 10.8 Å². The van der Waals surface area contributed by atoms with Gasteiger partial charge in [0.15, 0.2) is 5.58 Å². The van der Waals surface area contributed by atoms with Crippen LogP contribution in [0.4, 0.5) is 17.1 Å². The van der Waals surface area contributed by atoms with E-state index in [2.05, 4.69) is 245 Å².